The van der Waals surface area contributed by atoms with E-state index in [0.717, 1.165) is 25.3 Å². The standard InChI is InChI=1S/C14H23NO2/c1-14(2,8-10-16)12-15-9-11-17-13-6-4-3-5-7-13/h3-7,15-16H,8-12H2,1-2H3. The van der Waals surface area contributed by atoms with Crippen molar-refractivity contribution in [2.75, 3.05) is 26.3 Å². The van der Waals surface area contributed by atoms with Gasteiger partial charge in [-0.3, -0.25) is 0 Å². The third-order valence-electron chi connectivity index (χ3n) is 2.68. The molecule has 1 rings (SSSR count). The molecule has 96 valence electrons. The summed E-state index contributed by atoms with van der Waals surface area (Å²) in [4.78, 5) is 0. The van der Waals surface area contributed by atoms with Crippen LogP contribution in [0, 0.1) is 5.41 Å². The van der Waals surface area contributed by atoms with Crippen molar-refractivity contribution in [3.05, 3.63) is 30.3 Å². The smallest absolute Gasteiger partial charge is 0.119 e. The lowest BCUT2D eigenvalue weighted by atomic mass is 9.90. The topological polar surface area (TPSA) is 41.5 Å². The molecule has 0 aliphatic heterocycles. The maximum Gasteiger partial charge on any atom is 0.119 e. The summed E-state index contributed by atoms with van der Waals surface area (Å²) in [5, 5.41) is 12.2. The molecule has 0 aromatic heterocycles. The average Bonchev–Trinajstić information content (AvgIpc) is 2.30. The van der Waals surface area contributed by atoms with Crippen molar-refractivity contribution in [3.63, 3.8) is 0 Å². The molecule has 17 heavy (non-hydrogen) atoms. The molecule has 0 radical (unpaired) electrons. The zero-order valence-electron chi connectivity index (χ0n) is 10.8. The highest BCUT2D eigenvalue weighted by atomic mass is 16.5. The quantitative estimate of drug-likeness (QED) is 0.680. The Hall–Kier alpha value is -1.06. The fraction of sp³-hybridized carbons (Fsp3) is 0.571. The number of aliphatic hydroxyl groups is 1. The molecule has 0 saturated heterocycles. The minimum absolute atomic E-state index is 0.140. The summed E-state index contributed by atoms with van der Waals surface area (Å²) < 4.78 is 5.57. The van der Waals surface area contributed by atoms with E-state index < -0.39 is 0 Å². The lowest BCUT2D eigenvalue weighted by Gasteiger charge is -2.23. The molecule has 1 aromatic rings. The van der Waals surface area contributed by atoms with E-state index in [4.69, 9.17) is 9.84 Å². The van der Waals surface area contributed by atoms with Gasteiger partial charge in [0, 0.05) is 19.7 Å². The Kier molecular flexibility index (Phi) is 6.01. The van der Waals surface area contributed by atoms with Gasteiger partial charge >= 0.3 is 0 Å². The number of rotatable bonds is 8. The molecule has 1 aromatic carbocycles. The molecule has 0 aliphatic rings. The van der Waals surface area contributed by atoms with Gasteiger partial charge in [-0.2, -0.15) is 0 Å². The SMILES string of the molecule is CC(C)(CCO)CNCCOc1ccccc1. The molecule has 0 saturated carbocycles. The van der Waals surface area contributed by atoms with E-state index >= 15 is 0 Å². The number of nitrogens with one attached hydrogen (secondary N) is 1. The van der Waals surface area contributed by atoms with Gasteiger partial charge in [0.15, 0.2) is 0 Å². The Bertz CT molecular complexity index is 298. The van der Waals surface area contributed by atoms with Crippen LogP contribution in [-0.4, -0.2) is 31.4 Å². The molecule has 0 fully saturated rings. The second-order valence-corrected chi connectivity index (χ2v) is 4.98. The van der Waals surface area contributed by atoms with Crippen LogP contribution in [0.5, 0.6) is 5.75 Å². The molecule has 2 N–H and O–H groups in total. The number of hydrogen-bond acceptors (Lipinski definition) is 3. The van der Waals surface area contributed by atoms with Crippen molar-refractivity contribution in [1.29, 1.82) is 0 Å². The summed E-state index contributed by atoms with van der Waals surface area (Å²) >= 11 is 0. The van der Waals surface area contributed by atoms with Gasteiger partial charge in [0.05, 0.1) is 0 Å². The van der Waals surface area contributed by atoms with Crippen LogP contribution in [-0.2, 0) is 0 Å². The molecule has 0 bridgehead atoms. The Labute approximate surface area is 104 Å². The molecular formula is C14H23NO2. The van der Waals surface area contributed by atoms with Crippen LogP contribution in [0.4, 0.5) is 0 Å². The van der Waals surface area contributed by atoms with Gasteiger partial charge in [-0.1, -0.05) is 32.0 Å². The first-order chi connectivity index (χ1) is 8.14. The Morgan fingerprint density at radius 2 is 1.94 bits per heavy atom. The van der Waals surface area contributed by atoms with Gasteiger partial charge in [-0.05, 0) is 24.0 Å². The maximum atomic E-state index is 8.90. The Balaban J connectivity index is 2.09. The minimum Gasteiger partial charge on any atom is -0.492 e. The van der Waals surface area contributed by atoms with Gasteiger partial charge in [0.2, 0.25) is 0 Å². The van der Waals surface area contributed by atoms with Crippen molar-refractivity contribution in [2.24, 2.45) is 5.41 Å². The summed E-state index contributed by atoms with van der Waals surface area (Å²) in [7, 11) is 0. The van der Waals surface area contributed by atoms with Crippen LogP contribution in [0.25, 0.3) is 0 Å². The summed E-state index contributed by atoms with van der Waals surface area (Å²) in [6, 6.07) is 9.81. The highest BCUT2D eigenvalue weighted by molar-refractivity contribution is 5.20. The lowest BCUT2D eigenvalue weighted by molar-refractivity contribution is 0.204. The summed E-state index contributed by atoms with van der Waals surface area (Å²) in [5.74, 6) is 0.906. The van der Waals surface area contributed by atoms with Crippen LogP contribution in [0.15, 0.2) is 30.3 Å². The van der Waals surface area contributed by atoms with E-state index in [1.807, 2.05) is 30.3 Å². The molecule has 0 atom stereocenters. The first-order valence-electron chi connectivity index (χ1n) is 6.13. The molecular weight excluding hydrogens is 214 g/mol. The van der Waals surface area contributed by atoms with Crippen LogP contribution in [0.2, 0.25) is 0 Å². The monoisotopic (exact) mass is 237 g/mol. The predicted molar refractivity (Wildman–Crippen MR) is 70.3 cm³/mol. The average molecular weight is 237 g/mol. The van der Waals surface area contributed by atoms with Crippen molar-refractivity contribution in [1.82, 2.24) is 5.32 Å². The van der Waals surface area contributed by atoms with Crippen LogP contribution in [0.3, 0.4) is 0 Å². The molecule has 3 nitrogen and oxygen atoms in total. The molecule has 0 unspecified atom stereocenters. The van der Waals surface area contributed by atoms with Crippen molar-refractivity contribution in [3.8, 4) is 5.75 Å². The van der Waals surface area contributed by atoms with E-state index in [-0.39, 0.29) is 12.0 Å². The second kappa shape index (κ2) is 7.30. The number of benzene rings is 1. The van der Waals surface area contributed by atoms with Gasteiger partial charge in [0.1, 0.15) is 12.4 Å². The summed E-state index contributed by atoms with van der Waals surface area (Å²) in [5.41, 5.74) is 0.140. The van der Waals surface area contributed by atoms with Gasteiger partial charge in [-0.25, -0.2) is 0 Å². The van der Waals surface area contributed by atoms with Gasteiger partial charge in [0.25, 0.3) is 0 Å². The van der Waals surface area contributed by atoms with E-state index in [0.29, 0.717) is 6.61 Å². The van der Waals surface area contributed by atoms with Crippen LogP contribution < -0.4 is 10.1 Å². The number of aliphatic hydroxyl groups excluding tert-OH is 1. The molecule has 0 heterocycles. The maximum absolute atomic E-state index is 8.90. The third-order valence-corrected chi connectivity index (χ3v) is 2.68. The first kappa shape index (κ1) is 14.0. The molecule has 0 spiro atoms. The normalized spacial score (nSPS) is 11.5. The molecule has 3 heteroatoms. The second-order valence-electron chi connectivity index (χ2n) is 4.98. The van der Waals surface area contributed by atoms with Crippen LogP contribution >= 0.6 is 0 Å². The zero-order chi connectivity index (χ0) is 12.6. The fourth-order valence-electron chi connectivity index (χ4n) is 1.58. The number of para-hydroxylation sites is 1. The Morgan fingerprint density at radius 1 is 1.24 bits per heavy atom. The van der Waals surface area contributed by atoms with Crippen LogP contribution in [0.1, 0.15) is 20.3 Å². The van der Waals surface area contributed by atoms with Gasteiger partial charge in [-0.15, -0.1) is 0 Å². The summed E-state index contributed by atoms with van der Waals surface area (Å²) in [6.07, 6.45) is 0.819. The van der Waals surface area contributed by atoms with Crippen molar-refractivity contribution < 1.29 is 9.84 Å². The van der Waals surface area contributed by atoms with E-state index in [1.54, 1.807) is 0 Å². The summed E-state index contributed by atoms with van der Waals surface area (Å²) in [6.45, 7) is 6.92. The van der Waals surface area contributed by atoms with Gasteiger partial charge < -0.3 is 15.2 Å². The lowest BCUT2D eigenvalue weighted by Crippen LogP contribution is -2.32. The minimum atomic E-state index is 0.140. The molecule has 0 amide bonds. The highest BCUT2D eigenvalue weighted by Crippen LogP contribution is 2.17. The van der Waals surface area contributed by atoms with E-state index in [9.17, 15) is 0 Å². The highest BCUT2D eigenvalue weighted by Gasteiger charge is 2.15. The molecule has 0 aliphatic carbocycles. The zero-order valence-corrected chi connectivity index (χ0v) is 10.8. The van der Waals surface area contributed by atoms with Crippen molar-refractivity contribution in [2.45, 2.75) is 20.3 Å². The first-order valence-corrected chi connectivity index (χ1v) is 6.13. The fourth-order valence-corrected chi connectivity index (χ4v) is 1.58. The third kappa shape index (κ3) is 6.29. The van der Waals surface area contributed by atoms with E-state index in [2.05, 4.69) is 19.2 Å². The largest absolute Gasteiger partial charge is 0.492 e. The number of hydrogen-bond donors (Lipinski definition) is 2. The van der Waals surface area contributed by atoms with Crippen molar-refractivity contribution >= 4 is 0 Å². The predicted octanol–water partition coefficient (Wildman–Crippen LogP) is 2.06. The Morgan fingerprint density at radius 3 is 2.59 bits per heavy atom. The number of ether oxygens (including phenoxy) is 1. The van der Waals surface area contributed by atoms with E-state index in [1.165, 1.54) is 0 Å².